The number of benzene rings is 2. The van der Waals surface area contributed by atoms with Crippen LogP contribution in [0.3, 0.4) is 0 Å². The maximum Gasteiger partial charge on any atom is 0.251 e. The van der Waals surface area contributed by atoms with Crippen molar-refractivity contribution in [2.45, 2.75) is 26.0 Å². The molecule has 1 heterocycles. The minimum Gasteiger partial charge on any atom is -0.380 e. The van der Waals surface area contributed by atoms with Gasteiger partial charge in [0.15, 0.2) is 0 Å². The van der Waals surface area contributed by atoms with Gasteiger partial charge in [0.1, 0.15) is 0 Å². The standard InChI is InChI=1S/C20H22N2O3/c1-25-14-16-6-2-7-17(11-16)20(24)21-13-15-5-3-8-18(12-15)22-10-4-9-19(22)23/h2-3,5-8,11-12H,4,9-10,13-14H2,1H3,(H,21,24). The number of rotatable bonds is 6. The largest absolute Gasteiger partial charge is 0.380 e. The third-order valence-corrected chi connectivity index (χ3v) is 4.25. The molecule has 0 spiro atoms. The van der Waals surface area contributed by atoms with Crippen LogP contribution in [0.1, 0.15) is 34.3 Å². The van der Waals surface area contributed by atoms with Crippen molar-refractivity contribution in [3.63, 3.8) is 0 Å². The summed E-state index contributed by atoms with van der Waals surface area (Å²) in [6, 6.07) is 15.2. The van der Waals surface area contributed by atoms with Crippen molar-refractivity contribution in [3.05, 3.63) is 65.2 Å². The third kappa shape index (κ3) is 4.25. The first-order valence-electron chi connectivity index (χ1n) is 8.43. The zero-order chi connectivity index (χ0) is 17.6. The number of anilines is 1. The van der Waals surface area contributed by atoms with Crippen molar-refractivity contribution in [2.75, 3.05) is 18.6 Å². The van der Waals surface area contributed by atoms with E-state index < -0.39 is 0 Å². The molecule has 0 bridgehead atoms. The number of carbonyl (C=O) groups is 2. The highest BCUT2D eigenvalue weighted by Crippen LogP contribution is 2.22. The van der Waals surface area contributed by atoms with Gasteiger partial charge in [0, 0.05) is 37.9 Å². The molecule has 5 nitrogen and oxygen atoms in total. The van der Waals surface area contributed by atoms with Crippen molar-refractivity contribution in [3.8, 4) is 0 Å². The molecule has 0 atom stereocenters. The monoisotopic (exact) mass is 338 g/mol. The summed E-state index contributed by atoms with van der Waals surface area (Å²) >= 11 is 0. The van der Waals surface area contributed by atoms with Crippen LogP contribution < -0.4 is 10.2 Å². The van der Waals surface area contributed by atoms with Crippen LogP contribution in [0.5, 0.6) is 0 Å². The van der Waals surface area contributed by atoms with Crippen LogP contribution in [-0.4, -0.2) is 25.5 Å². The SMILES string of the molecule is COCc1cccc(C(=O)NCc2cccc(N3CCCC3=O)c2)c1. The molecule has 0 unspecified atom stereocenters. The van der Waals surface area contributed by atoms with Crippen molar-refractivity contribution in [1.82, 2.24) is 5.32 Å². The summed E-state index contributed by atoms with van der Waals surface area (Å²) in [5, 5.41) is 2.93. The molecular formula is C20H22N2O3. The summed E-state index contributed by atoms with van der Waals surface area (Å²) < 4.78 is 5.10. The van der Waals surface area contributed by atoms with Gasteiger partial charge in [0.05, 0.1) is 6.61 Å². The second kappa shape index (κ2) is 7.94. The lowest BCUT2D eigenvalue weighted by molar-refractivity contribution is -0.117. The molecule has 25 heavy (non-hydrogen) atoms. The first-order valence-corrected chi connectivity index (χ1v) is 8.43. The van der Waals surface area contributed by atoms with Crippen molar-refractivity contribution < 1.29 is 14.3 Å². The minimum absolute atomic E-state index is 0.124. The van der Waals surface area contributed by atoms with E-state index in [1.165, 1.54) is 0 Å². The maximum atomic E-state index is 12.4. The van der Waals surface area contributed by atoms with E-state index in [0.717, 1.165) is 29.8 Å². The van der Waals surface area contributed by atoms with Gasteiger partial charge in [-0.3, -0.25) is 9.59 Å². The van der Waals surface area contributed by atoms with Gasteiger partial charge in [0.25, 0.3) is 5.91 Å². The van der Waals surface area contributed by atoms with Crippen LogP contribution in [-0.2, 0) is 22.7 Å². The number of methoxy groups -OCH3 is 1. The second-order valence-electron chi connectivity index (χ2n) is 6.13. The topological polar surface area (TPSA) is 58.6 Å². The van der Waals surface area contributed by atoms with Crippen LogP contribution >= 0.6 is 0 Å². The molecule has 0 saturated carbocycles. The third-order valence-electron chi connectivity index (χ3n) is 4.25. The zero-order valence-corrected chi connectivity index (χ0v) is 14.3. The Hall–Kier alpha value is -2.66. The minimum atomic E-state index is -0.124. The van der Waals surface area contributed by atoms with Crippen LogP contribution in [0, 0.1) is 0 Å². The molecule has 2 amide bonds. The van der Waals surface area contributed by atoms with Crippen LogP contribution in [0.25, 0.3) is 0 Å². The molecule has 2 aromatic rings. The quantitative estimate of drug-likeness (QED) is 0.881. The number of amides is 2. The van der Waals surface area contributed by atoms with Crippen LogP contribution in [0.15, 0.2) is 48.5 Å². The predicted octanol–water partition coefficient (Wildman–Crippen LogP) is 2.89. The Bertz CT molecular complexity index is 773. The lowest BCUT2D eigenvalue weighted by atomic mass is 10.1. The highest BCUT2D eigenvalue weighted by Gasteiger charge is 2.21. The van der Waals surface area contributed by atoms with Crippen molar-refractivity contribution in [1.29, 1.82) is 0 Å². The number of hydrogen-bond donors (Lipinski definition) is 1. The molecule has 1 aliphatic rings. The van der Waals surface area contributed by atoms with Gasteiger partial charge in [-0.25, -0.2) is 0 Å². The summed E-state index contributed by atoms with van der Waals surface area (Å²) in [6.07, 6.45) is 1.51. The van der Waals surface area contributed by atoms with Crippen LogP contribution in [0.2, 0.25) is 0 Å². The molecule has 0 aliphatic carbocycles. The number of ether oxygens (including phenoxy) is 1. The fraction of sp³-hybridized carbons (Fsp3) is 0.300. The molecule has 1 aliphatic heterocycles. The fourth-order valence-electron chi connectivity index (χ4n) is 3.01. The van der Waals surface area contributed by atoms with Gasteiger partial charge >= 0.3 is 0 Å². The van der Waals surface area contributed by atoms with Gasteiger partial charge in [-0.1, -0.05) is 24.3 Å². The molecule has 130 valence electrons. The molecule has 5 heteroatoms. The number of carbonyl (C=O) groups excluding carboxylic acids is 2. The molecule has 3 rings (SSSR count). The van der Waals surface area contributed by atoms with E-state index in [4.69, 9.17) is 4.74 Å². The summed E-state index contributed by atoms with van der Waals surface area (Å²) in [5.41, 5.74) is 3.44. The van der Waals surface area contributed by atoms with Crippen molar-refractivity contribution in [2.24, 2.45) is 0 Å². The summed E-state index contributed by atoms with van der Waals surface area (Å²) in [6.45, 7) is 1.66. The van der Waals surface area contributed by atoms with E-state index in [9.17, 15) is 9.59 Å². The molecule has 2 aromatic carbocycles. The average Bonchev–Trinajstić information content (AvgIpc) is 3.06. The molecule has 1 N–H and O–H groups in total. The summed E-state index contributed by atoms with van der Waals surface area (Å²) in [5.74, 6) is 0.0387. The Kier molecular flexibility index (Phi) is 5.46. The highest BCUT2D eigenvalue weighted by atomic mass is 16.5. The average molecular weight is 338 g/mol. The van der Waals surface area contributed by atoms with Gasteiger partial charge < -0.3 is 15.0 Å². The van der Waals surface area contributed by atoms with Gasteiger partial charge in [-0.2, -0.15) is 0 Å². The Balaban J connectivity index is 1.64. The summed E-state index contributed by atoms with van der Waals surface area (Å²) in [7, 11) is 1.63. The smallest absolute Gasteiger partial charge is 0.251 e. The Labute approximate surface area is 147 Å². The Morgan fingerprint density at radius 1 is 1.16 bits per heavy atom. The lowest BCUT2D eigenvalue weighted by Gasteiger charge is -2.16. The van der Waals surface area contributed by atoms with E-state index in [-0.39, 0.29) is 11.8 Å². The normalized spacial score (nSPS) is 14.0. The Morgan fingerprint density at radius 3 is 2.72 bits per heavy atom. The predicted molar refractivity (Wildman–Crippen MR) is 96.4 cm³/mol. The molecule has 0 aromatic heterocycles. The molecule has 1 saturated heterocycles. The van der Waals surface area contributed by atoms with E-state index in [2.05, 4.69) is 5.32 Å². The van der Waals surface area contributed by atoms with Gasteiger partial charge in [-0.15, -0.1) is 0 Å². The second-order valence-corrected chi connectivity index (χ2v) is 6.13. The molecular weight excluding hydrogens is 316 g/mol. The van der Waals surface area contributed by atoms with Crippen molar-refractivity contribution >= 4 is 17.5 Å². The lowest BCUT2D eigenvalue weighted by Crippen LogP contribution is -2.25. The first-order chi connectivity index (χ1) is 12.2. The number of nitrogens with one attached hydrogen (secondary N) is 1. The van der Waals surface area contributed by atoms with Gasteiger partial charge in [-0.05, 0) is 41.8 Å². The molecule has 1 fully saturated rings. The van der Waals surface area contributed by atoms with Crippen LogP contribution in [0.4, 0.5) is 5.69 Å². The Morgan fingerprint density at radius 2 is 1.96 bits per heavy atom. The molecule has 0 radical (unpaired) electrons. The van der Waals surface area contributed by atoms with E-state index in [0.29, 0.717) is 25.1 Å². The zero-order valence-electron chi connectivity index (χ0n) is 14.3. The first kappa shape index (κ1) is 17.2. The van der Waals surface area contributed by atoms with E-state index in [1.807, 2.05) is 42.5 Å². The van der Waals surface area contributed by atoms with E-state index >= 15 is 0 Å². The van der Waals surface area contributed by atoms with E-state index in [1.54, 1.807) is 18.1 Å². The number of hydrogen-bond acceptors (Lipinski definition) is 3. The maximum absolute atomic E-state index is 12.4. The number of nitrogens with zero attached hydrogens (tertiary/aromatic N) is 1. The summed E-state index contributed by atoms with van der Waals surface area (Å²) in [4.78, 5) is 26.0. The fourth-order valence-corrected chi connectivity index (χ4v) is 3.01. The van der Waals surface area contributed by atoms with Gasteiger partial charge in [0.2, 0.25) is 5.91 Å². The highest BCUT2D eigenvalue weighted by molar-refractivity contribution is 5.95.